The van der Waals surface area contributed by atoms with Crippen molar-refractivity contribution >= 4 is 9.84 Å². The van der Waals surface area contributed by atoms with Gasteiger partial charge in [-0.15, -0.1) is 0 Å². The monoisotopic (exact) mass is 245 g/mol. The van der Waals surface area contributed by atoms with Gasteiger partial charge in [-0.05, 0) is 33.8 Å². The van der Waals surface area contributed by atoms with E-state index in [0.29, 0.717) is 0 Å². The summed E-state index contributed by atoms with van der Waals surface area (Å²) in [6.07, 6.45) is 1.67. The van der Waals surface area contributed by atoms with Crippen molar-refractivity contribution < 1.29 is 8.42 Å². The molecule has 0 spiro atoms. The maximum atomic E-state index is 12.2. The van der Waals surface area contributed by atoms with Crippen LogP contribution in [0, 0.1) is 0 Å². The lowest BCUT2D eigenvalue weighted by atomic mass is 10.2. The number of hydrogen-bond acceptors (Lipinski definition) is 4. The minimum Gasteiger partial charge on any atom is -0.329 e. The zero-order valence-electron chi connectivity index (χ0n) is 10.1. The smallest absolute Gasteiger partial charge is 0.203 e. The molecule has 1 heterocycles. The summed E-state index contributed by atoms with van der Waals surface area (Å²) in [5.41, 5.74) is 5.48. The van der Waals surface area contributed by atoms with E-state index in [1.807, 2.05) is 13.8 Å². The van der Waals surface area contributed by atoms with Gasteiger partial charge in [0.1, 0.15) is 0 Å². The van der Waals surface area contributed by atoms with Gasteiger partial charge < -0.3 is 5.73 Å². The summed E-state index contributed by atoms with van der Waals surface area (Å²) >= 11 is 0. The zero-order valence-corrected chi connectivity index (χ0v) is 11.0. The number of hydrogen-bond donors (Lipinski definition) is 1. The van der Waals surface area contributed by atoms with Crippen LogP contribution in [-0.2, 0) is 9.84 Å². The van der Waals surface area contributed by atoms with Crippen molar-refractivity contribution in [2.24, 2.45) is 5.73 Å². The lowest BCUT2D eigenvalue weighted by molar-refractivity contribution is 0.508. The first-order chi connectivity index (χ1) is 7.22. The van der Waals surface area contributed by atoms with E-state index in [1.54, 1.807) is 24.7 Å². The van der Waals surface area contributed by atoms with Crippen molar-refractivity contribution in [3.05, 3.63) is 12.3 Å². The zero-order chi connectivity index (χ0) is 12.6. The topological polar surface area (TPSA) is 78.0 Å². The van der Waals surface area contributed by atoms with Crippen molar-refractivity contribution in [3.8, 4) is 0 Å². The Kier molecular flexibility index (Phi) is 3.44. The van der Waals surface area contributed by atoms with Crippen LogP contribution < -0.4 is 5.73 Å². The Morgan fingerprint density at radius 1 is 1.50 bits per heavy atom. The second-order valence-electron chi connectivity index (χ2n) is 4.69. The SMILES string of the molecule is CC(C)n1ccc(S(=O)(=O)C(C)(C)CN)n1. The molecule has 16 heavy (non-hydrogen) atoms. The van der Waals surface area contributed by atoms with Crippen molar-refractivity contribution in [3.63, 3.8) is 0 Å². The fraction of sp³-hybridized carbons (Fsp3) is 0.700. The predicted octanol–water partition coefficient (Wildman–Crippen LogP) is 0.975. The number of nitrogens with two attached hydrogens (primary N) is 1. The minimum atomic E-state index is -3.46. The maximum absolute atomic E-state index is 12.2. The first-order valence-electron chi connectivity index (χ1n) is 5.22. The molecule has 5 nitrogen and oxygen atoms in total. The Morgan fingerprint density at radius 3 is 2.44 bits per heavy atom. The van der Waals surface area contributed by atoms with Gasteiger partial charge in [0.2, 0.25) is 9.84 Å². The highest BCUT2D eigenvalue weighted by Crippen LogP contribution is 2.23. The molecular formula is C10H19N3O2S. The van der Waals surface area contributed by atoms with Crippen molar-refractivity contribution in [1.29, 1.82) is 0 Å². The van der Waals surface area contributed by atoms with E-state index < -0.39 is 14.6 Å². The Morgan fingerprint density at radius 2 is 2.06 bits per heavy atom. The van der Waals surface area contributed by atoms with Gasteiger partial charge in [0, 0.05) is 18.8 Å². The van der Waals surface area contributed by atoms with Gasteiger partial charge in [-0.25, -0.2) is 8.42 Å². The second kappa shape index (κ2) is 4.18. The summed E-state index contributed by atoms with van der Waals surface area (Å²) in [5.74, 6) is 0. The molecule has 0 bridgehead atoms. The van der Waals surface area contributed by atoms with Crippen LogP contribution in [0.3, 0.4) is 0 Å². The lowest BCUT2D eigenvalue weighted by Gasteiger charge is -2.21. The summed E-state index contributed by atoms with van der Waals surface area (Å²) in [6, 6.07) is 1.66. The highest BCUT2D eigenvalue weighted by Gasteiger charge is 2.36. The van der Waals surface area contributed by atoms with Crippen LogP contribution in [0.4, 0.5) is 0 Å². The molecule has 0 aromatic carbocycles. The summed E-state index contributed by atoms with van der Waals surface area (Å²) in [5, 5.41) is 4.16. The lowest BCUT2D eigenvalue weighted by Crippen LogP contribution is -2.39. The Labute approximate surface area is 96.6 Å². The number of nitrogens with zero attached hydrogens (tertiary/aromatic N) is 2. The molecule has 2 N–H and O–H groups in total. The van der Waals surface area contributed by atoms with Gasteiger partial charge in [-0.3, -0.25) is 4.68 Å². The summed E-state index contributed by atoms with van der Waals surface area (Å²) < 4.78 is 25.0. The van der Waals surface area contributed by atoms with Gasteiger partial charge in [0.05, 0.1) is 4.75 Å². The molecule has 0 atom stereocenters. The fourth-order valence-corrected chi connectivity index (χ4v) is 2.37. The molecule has 0 radical (unpaired) electrons. The molecule has 0 aliphatic carbocycles. The maximum Gasteiger partial charge on any atom is 0.203 e. The average Bonchev–Trinajstić information content (AvgIpc) is 2.66. The predicted molar refractivity (Wildman–Crippen MR) is 62.9 cm³/mol. The van der Waals surface area contributed by atoms with E-state index in [0.717, 1.165) is 0 Å². The largest absolute Gasteiger partial charge is 0.329 e. The van der Waals surface area contributed by atoms with E-state index in [4.69, 9.17) is 5.73 Å². The second-order valence-corrected chi connectivity index (χ2v) is 7.23. The van der Waals surface area contributed by atoms with Gasteiger partial charge >= 0.3 is 0 Å². The van der Waals surface area contributed by atoms with Crippen LogP contribution in [0.15, 0.2) is 17.3 Å². The minimum absolute atomic E-state index is 0.0733. The molecule has 0 aliphatic heterocycles. The third-order valence-electron chi connectivity index (χ3n) is 2.61. The van der Waals surface area contributed by atoms with Crippen LogP contribution >= 0.6 is 0 Å². The van der Waals surface area contributed by atoms with Crippen LogP contribution in [0.5, 0.6) is 0 Å². The quantitative estimate of drug-likeness (QED) is 0.857. The summed E-state index contributed by atoms with van der Waals surface area (Å²) in [7, 11) is -3.46. The van der Waals surface area contributed by atoms with Gasteiger partial charge in [-0.1, -0.05) is 0 Å². The molecule has 1 rings (SSSR count). The van der Waals surface area contributed by atoms with Gasteiger partial charge in [0.15, 0.2) is 5.03 Å². The highest BCUT2D eigenvalue weighted by molar-refractivity contribution is 7.92. The summed E-state index contributed by atoms with van der Waals surface area (Å²) in [6.45, 7) is 7.17. The van der Waals surface area contributed by atoms with Gasteiger partial charge in [-0.2, -0.15) is 5.10 Å². The van der Waals surface area contributed by atoms with Crippen molar-refractivity contribution in [1.82, 2.24) is 9.78 Å². The van der Waals surface area contributed by atoms with E-state index in [1.165, 1.54) is 6.07 Å². The normalized spacial score (nSPS) is 13.4. The number of rotatable bonds is 4. The Hall–Kier alpha value is -0.880. The molecule has 0 amide bonds. The first kappa shape index (κ1) is 13.2. The molecule has 0 aliphatic rings. The van der Waals surface area contributed by atoms with Crippen LogP contribution in [0.2, 0.25) is 0 Å². The molecule has 1 aromatic heterocycles. The number of sulfone groups is 1. The molecular weight excluding hydrogens is 226 g/mol. The molecule has 0 saturated heterocycles. The van der Waals surface area contributed by atoms with E-state index in [9.17, 15) is 8.42 Å². The Balaban J connectivity index is 3.18. The third-order valence-corrected chi connectivity index (χ3v) is 5.00. The van der Waals surface area contributed by atoms with E-state index in [2.05, 4.69) is 5.10 Å². The molecule has 0 fully saturated rings. The number of aromatic nitrogens is 2. The van der Waals surface area contributed by atoms with Crippen LogP contribution in [0.1, 0.15) is 33.7 Å². The first-order valence-corrected chi connectivity index (χ1v) is 6.70. The highest BCUT2D eigenvalue weighted by atomic mass is 32.2. The van der Waals surface area contributed by atoms with Crippen molar-refractivity contribution in [2.75, 3.05) is 6.54 Å². The molecule has 0 unspecified atom stereocenters. The van der Waals surface area contributed by atoms with Gasteiger partial charge in [0.25, 0.3) is 0 Å². The molecule has 6 heteroatoms. The third kappa shape index (κ3) is 2.12. The molecule has 1 aromatic rings. The molecule has 92 valence electrons. The van der Waals surface area contributed by atoms with Crippen LogP contribution in [-0.4, -0.2) is 29.5 Å². The van der Waals surface area contributed by atoms with E-state index >= 15 is 0 Å². The van der Waals surface area contributed by atoms with Crippen molar-refractivity contribution in [2.45, 2.75) is 43.5 Å². The van der Waals surface area contributed by atoms with E-state index in [-0.39, 0.29) is 17.6 Å². The summed E-state index contributed by atoms with van der Waals surface area (Å²) in [4.78, 5) is 0. The molecule has 0 saturated carbocycles. The Bertz CT molecular complexity index is 460. The average molecular weight is 245 g/mol. The van der Waals surface area contributed by atoms with Crippen LogP contribution in [0.25, 0.3) is 0 Å². The fourth-order valence-electron chi connectivity index (χ4n) is 1.14. The standard InChI is InChI=1S/C10H19N3O2S/c1-8(2)13-6-5-9(12-13)16(14,15)10(3,4)7-11/h5-6,8H,7,11H2,1-4H3.